The molecule has 0 radical (unpaired) electrons. The molecule has 0 N–H and O–H groups in total. The molecule has 0 aliphatic carbocycles. The minimum atomic E-state index is 0.900. The molecular formula is C10H7N3S3. The molecule has 0 bridgehead atoms. The van der Waals surface area contributed by atoms with E-state index in [1.54, 1.807) is 34.0 Å². The molecule has 16 heavy (non-hydrogen) atoms. The fourth-order valence-electron chi connectivity index (χ4n) is 1.29. The van der Waals surface area contributed by atoms with Gasteiger partial charge in [0.05, 0.1) is 4.88 Å². The summed E-state index contributed by atoms with van der Waals surface area (Å²) in [7, 11) is 0. The number of hydrogen-bond acceptors (Lipinski definition) is 6. The van der Waals surface area contributed by atoms with Gasteiger partial charge in [-0.2, -0.15) is 0 Å². The van der Waals surface area contributed by atoms with Crippen molar-refractivity contribution in [3.05, 3.63) is 27.9 Å². The van der Waals surface area contributed by atoms with E-state index in [0.717, 1.165) is 20.7 Å². The predicted octanol–water partition coefficient (Wildman–Crippen LogP) is 3.70. The summed E-state index contributed by atoms with van der Waals surface area (Å²) in [5.41, 5.74) is 0.930. The van der Waals surface area contributed by atoms with Crippen LogP contribution in [0.5, 0.6) is 0 Å². The summed E-state index contributed by atoms with van der Waals surface area (Å²) in [6.45, 7) is 1.95. The maximum atomic E-state index is 4.57. The van der Waals surface area contributed by atoms with E-state index in [0.29, 0.717) is 0 Å². The fourth-order valence-corrected chi connectivity index (χ4v) is 3.63. The number of nitrogens with zero attached hydrogens (tertiary/aromatic N) is 3. The van der Waals surface area contributed by atoms with E-state index in [2.05, 4.69) is 26.6 Å². The number of thiophene rings is 1. The summed E-state index contributed by atoms with van der Waals surface area (Å²) in [6, 6.07) is 4.12. The van der Waals surface area contributed by atoms with Crippen molar-refractivity contribution >= 4 is 34.0 Å². The highest BCUT2D eigenvalue weighted by Crippen LogP contribution is 2.32. The highest BCUT2D eigenvalue weighted by atomic mass is 32.1. The average molecular weight is 265 g/mol. The molecule has 3 heterocycles. The molecule has 3 aromatic rings. The van der Waals surface area contributed by atoms with Crippen molar-refractivity contribution in [1.29, 1.82) is 0 Å². The normalized spacial score (nSPS) is 10.8. The van der Waals surface area contributed by atoms with Crippen LogP contribution in [0.4, 0.5) is 0 Å². The molecule has 0 fully saturated rings. The second kappa shape index (κ2) is 4.04. The summed E-state index contributed by atoms with van der Waals surface area (Å²) in [5.74, 6) is 0. The van der Waals surface area contributed by atoms with Crippen LogP contribution in [-0.2, 0) is 0 Å². The summed E-state index contributed by atoms with van der Waals surface area (Å²) >= 11 is 4.93. The Balaban J connectivity index is 2.00. The van der Waals surface area contributed by atoms with Crippen molar-refractivity contribution in [1.82, 2.24) is 15.2 Å². The number of aromatic nitrogens is 3. The van der Waals surface area contributed by atoms with Gasteiger partial charge in [-0.15, -0.1) is 32.9 Å². The Morgan fingerprint density at radius 2 is 2.06 bits per heavy atom. The molecule has 0 unspecified atom stereocenters. The van der Waals surface area contributed by atoms with Crippen LogP contribution >= 0.6 is 34.0 Å². The maximum Gasteiger partial charge on any atom is 0.167 e. The summed E-state index contributed by atoms with van der Waals surface area (Å²) in [5, 5.41) is 15.1. The van der Waals surface area contributed by atoms with Gasteiger partial charge < -0.3 is 0 Å². The first-order valence-electron chi connectivity index (χ1n) is 4.63. The Labute approximate surface area is 104 Å². The smallest absolute Gasteiger partial charge is 0.167 e. The number of thiazole rings is 1. The standard InChI is InChI=1S/C10H7N3S3/c1-6-12-13-9(16-6)7-5-15-10(11-7)8-3-2-4-14-8/h2-5H,1H3. The van der Waals surface area contributed by atoms with E-state index in [1.165, 1.54) is 4.88 Å². The van der Waals surface area contributed by atoms with Crippen LogP contribution in [0.3, 0.4) is 0 Å². The van der Waals surface area contributed by atoms with Crippen molar-refractivity contribution in [3.63, 3.8) is 0 Å². The number of rotatable bonds is 2. The second-order valence-electron chi connectivity index (χ2n) is 3.14. The van der Waals surface area contributed by atoms with Gasteiger partial charge in [-0.3, -0.25) is 0 Å². The Morgan fingerprint density at radius 3 is 2.75 bits per heavy atom. The Kier molecular flexibility index (Phi) is 2.55. The average Bonchev–Trinajstić information content (AvgIpc) is 2.97. The molecule has 3 aromatic heterocycles. The van der Waals surface area contributed by atoms with Crippen molar-refractivity contribution in [2.45, 2.75) is 6.92 Å². The van der Waals surface area contributed by atoms with Gasteiger partial charge >= 0.3 is 0 Å². The molecule has 0 saturated heterocycles. The molecule has 6 heteroatoms. The van der Waals surface area contributed by atoms with E-state index in [-0.39, 0.29) is 0 Å². The molecule has 0 aliphatic rings. The SMILES string of the molecule is Cc1nnc(-c2csc(-c3cccs3)n2)s1. The second-order valence-corrected chi connectivity index (χ2v) is 6.13. The third-order valence-electron chi connectivity index (χ3n) is 1.98. The van der Waals surface area contributed by atoms with Crippen molar-refractivity contribution in [2.75, 3.05) is 0 Å². The first-order valence-corrected chi connectivity index (χ1v) is 7.20. The Morgan fingerprint density at radius 1 is 1.12 bits per heavy atom. The molecule has 0 atom stereocenters. The van der Waals surface area contributed by atoms with Gasteiger partial charge in [-0.25, -0.2) is 4.98 Å². The van der Waals surface area contributed by atoms with Gasteiger partial charge in [0.25, 0.3) is 0 Å². The van der Waals surface area contributed by atoms with E-state index >= 15 is 0 Å². The third-order valence-corrected chi connectivity index (χ3v) is 4.72. The highest BCUT2D eigenvalue weighted by molar-refractivity contribution is 7.20. The van der Waals surface area contributed by atoms with Crippen LogP contribution in [0, 0.1) is 6.92 Å². The molecule has 0 amide bonds. The van der Waals surface area contributed by atoms with Gasteiger partial charge in [0.15, 0.2) is 5.01 Å². The zero-order valence-corrected chi connectivity index (χ0v) is 10.8. The minimum Gasteiger partial charge on any atom is -0.233 e. The monoisotopic (exact) mass is 265 g/mol. The lowest BCUT2D eigenvalue weighted by atomic mass is 10.5. The minimum absolute atomic E-state index is 0.900. The maximum absolute atomic E-state index is 4.57. The molecular weight excluding hydrogens is 258 g/mol. The van der Waals surface area contributed by atoms with E-state index in [9.17, 15) is 0 Å². The quantitative estimate of drug-likeness (QED) is 0.709. The van der Waals surface area contributed by atoms with Gasteiger partial charge in [-0.05, 0) is 18.4 Å². The largest absolute Gasteiger partial charge is 0.233 e. The van der Waals surface area contributed by atoms with Crippen LogP contribution in [0.25, 0.3) is 20.6 Å². The molecule has 0 aliphatic heterocycles. The van der Waals surface area contributed by atoms with Gasteiger partial charge in [0.1, 0.15) is 15.7 Å². The van der Waals surface area contributed by atoms with Gasteiger partial charge in [0.2, 0.25) is 0 Å². The molecule has 3 nitrogen and oxygen atoms in total. The summed E-state index contributed by atoms with van der Waals surface area (Å²) in [6.07, 6.45) is 0. The fraction of sp³-hybridized carbons (Fsp3) is 0.100. The summed E-state index contributed by atoms with van der Waals surface area (Å²) < 4.78 is 0. The van der Waals surface area contributed by atoms with Crippen molar-refractivity contribution < 1.29 is 0 Å². The Hall–Kier alpha value is -1.11. The first kappa shape index (κ1) is 10.1. The van der Waals surface area contributed by atoms with Crippen molar-refractivity contribution in [2.24, 2.45) is 0 Å². The molecule has 3 rings (SSSR count). The molecule has 0 spiro atoms. The molecule has 0 aromatic carbocycles. The lowest BCUT2D eigenvalue weighted by molar-refractivity contribution is 1.05. The lowest BCUT2D eigenvalue weighted by Crippen LogP contribution is -1.76. The topological polar surface area (TPSA) is 38.7 Å². The zero-order valence-electron chi connectivity index (χ0n) is 8.38. The van der Waals surface area contributed by atoms with Crippen LogP contribution < -0.4 is 0 Å². The lowest BCUT2D eigenvalue weighted by Gasteiger charge is -1.87. The number of hydrogen-bond donors (Lipinski definition) is 0. The third kappa shape index (κ3) is 1.79. The first-order chi connectivity index (χ1) is 7.83. The zero-order chi connectivity index (χ0) is 11.0. The van der Waals surface area contributed by atoms with Crippen molar-refractivity contribution in [3.8, 4) is 20.6 Å². The van der Waals surface area contributed by atoms with Crippen LogP contribution in [0.15, 0.2) is 22.9 Å². The highest BCUT2D eigenvalue weighted by Gasteiger charge is 2.10. The van der Waals surface area contributed by atoms with E-state index < -0.39 is 0 Å². The van der Waals surface area contributed by atoms with E-state index in [4.69, 9.17) is 0 Å². The van der Waals surface area contributed by atoms with Crippen LogP contribution in [0.2, 0.25) is 0 Å². The van der Waals surface area contributed by atoms with E-state index in [1.807, 2.05) is 18.4 Å². The van der Waals surface area contributed by atoms with Crippen LogP contribution in [0.1, 0.15) is 5.01 Å². The van der Waals surface area contributed by atoms with Crippen LogP contribution in [-0.4, -0.2) is 15.2 Å². The predicted molar refractivity (Wildman–Crippen MR) is 69.1 cm³/mol. The van der Waals surface area contributed by atoms with Gasteiger partial charge in [0, 0.05) is 5.38 Å². The molecule has 80 valence electrons. The summed E-state index contributed by atoms with van der Waals surface area (Å²) in [4.78, 5) is 5.78. The Bertz CT molecular complexity index is 594. The van der Waals surface area contributed by atoms with Gasteiger partial charge in [-0.1, -0.05) is 17.4 Å². The number of aryl methyl sites for hydroxylation is 1. The molecule has 0 saturated carbocycles.